The van der Waals surface area contributed by atoms with E-state index in [-0.39, 0.29) is 23.3 Å². The molecule has 6 nitrogen and oxygen atoms in total. The fourth-order valence-corrected chi connectivity index (χ4v) is 5.28. The van der Waals surface area contributed by atoms with Crippen LogP contribution in [0.4, 0.5) is 26.3 Å². The summed E-state index contributed by atoms with van der Waals surface area (Å²) < 4.78 is 114. The van der Waals surface area contributed by atoms with E-state index in [9.17, 15) is 44.3 Å². The van der Waals surface area contributed by atoms with E-state index in [2.05, 4.69) is 4.18 Å². The lowest BCUT2D eigenvalue weighted by atomic mass is 9.83. The predicted molar refractivity (Wildman–Crippen MR) is 122 cm³/mol. The zero-order valence-electron chi connectivity index (χ0n) is 20.1. The highest BCUT2D eigenvalue weighted by Gasteiger charge is 2.50. The average molecular weight is 565 g/mol. The molecule has 38 heavy (non-hydrogen) atoms. The third kappa shape index (κ3) is 5.25. The Morgan fingerprint density at radius 2 is 1.61 bits per heavy atom. The Morgan fingerprint density at radius 3 is 2.13 bits per heavy atom. The molecule has 0 saturated heterocycles. The second kappa shape index (κ2) is 9.28. The highest BCUT2D eigenvalue weighted by Crippen LogP contribution is 2.48. The summed E-state index contributed by atoms with van der Waals surface area (Å²) in [7, 11) is -6.35. The molecular formula is C25H22F6O6S. The van der Waals surface area contributed by atoms with Crippen LogP contribution in [0.1, 0.15) is 89.3 Å². The summed E-state index contributed by atoms with van der Waals surface area (Å²) in [5.41, 5.74) is -9.59. The Hall–Kier alpha value is -3.09. The Morgan fingerprint density at radius 1 is 1.03 bits per heavy atom. The number of fused-ring (bicyclic) bond motifs is 1. The minimum Gasteiger partial charge on any atom is -0.486 e. The van der Waals surface area contributed by atoms with Gasteiger partial charge >= 0.3 is 21.8 Å². The number of rotatable bonds is 5. The Labute approximate surface area is 214 Å². The lowest BCUT2D eigenvalue weighted by molar-refractivity contribution is -0.137. The van der Waals surface area contributed by atoms with E-state index >= 15 is 0 Å². The molecule has 0 unspecified atom stereocenters. The number of alkyl halides is 6. The SMILES string of the molecule is CC1(C)CC(=O)c2c(cc(C3CCCC3)c(C(=O)c3ccc(C(F)(F)F)cc3)c2OS(=O)(=O)C(F)(F)F)O1. The van der Waals surface area contributed by atoms with Gasteiger partial charge in [-0.05, 0) is 56.4 Å². The van der Waals surface area contributed by atoms with Gasteiger partial charge in [-0.15, -0.1) is 0 Å². The molecule has 1 aliphatic heterocycles. The van der Waals surface area contributed by atoms with Crippen LogP contribution in [0, 0.1) is 0 Å². The molecule has 1 fully saturated rings. The molecule has 0 bridgehead atoms. The summed E-state index contributed by atoms with van der Waals surface area (Å²) >= 11 is 0. The van der Waals surface area contributed by atoms with E-state index in [0.29, 0.717) is 37.8 Å². The van der Waals surface area contributed by atoms with Crippen molar-refractivity contribution in [3.8, 4) is 11.5 Å². The third-order valence-corrected chi connectivity index (χ3v) is 7.45. The lowest BCUT2D eigenvalue weighted by Crippen LogP contribution is -2.37. The van der Waals surface area contributed by atoms with Gasteiger partial charge in [0.1, 0.15) is 16.9 Å². The van der Waals surface area contributed by atoms with Gasteiger partial charge in [-0.2, -0.15) is 34.8 Å². The van der Waals surface area contributed by atoms with Gasteiger partial charge in [-0.1, -0.05) is 25.0 Å². The number of Topliss-reactive ketones (excluding diaryl/α,β-unsaturated/α-hetero) is 1. The van der Waals surface area contributed by atoms with Gasteiger partial charge in [0, 0.05) is 5.56 Å². The maximum absolute atomic E-state index is 13.7. The van der Waals surface area contributed by atoms with Crippen molar-refractivity contribution in [1.29, 1.82) is 0 Å². The molecule has 1 aliphatic carbocycles. The fraction of sp³-hybridized carbons (Fsp3) is 0.440. The van der Waals surface area contributed by atoms with Crippen LogP contribution >= 0.6 is 0 Å². The number of halogens is 6. The van der Waals surface area contributed by atoms with Crippen LogP contribution in [0.25, 0.3) is 0 Å². The summed E-state index contributed by atoms with van der Waals surface area (Å²) in [6.45, 7) is 3.11. The first-order valence-corrected chi connectivity index (χ1v) is 13.0. The van der Waals surface area contributed by atoms with Gasteiger partial charge in [-0.3, -0.25) is 9.59 Å². The van der Waals surface area contributed by atoms with Gasteiger partial charge in [0.05, 0.1) is 17.5 Å². The minimum atomic E-state index is -6.35. The maximum Gasteiger partial charge on any atom is 0.534 e. The van der Waals surface area contributed by atoms with Crippen molar-refractivity contribution in [2.75, 3.05) is 0 Å². The van der Waals surface area contributed by atoms with Crippen molar-refractivity contribution in [2.24, 2.45) is 0 Å². The van der Waals surface area contributed by atoms with E-state index in [1.54, 1.807) is 13.8 Å². The number of ether oxygens (including phenoxy) is 1. The Bertz CT molecular complexity index is 1390. The maximum atomic E-state index is 13.7. The molecule has 13 heteroatoms. The summed E-state index contributed by atoms with van der Waals surface area (Å²) in [5.74, 6) is -3.69. The predicted octanol–water partition coefficient (Wildman–Crippen LogP) is 6.57. The quantitative estimate of drug-likeness (QED) is 0.177. The number of carbonyl (C=O) groups excluding carboxylic acids is 2. The number of hydrogen-bond donors (Lipinski definition) is 0. The summed E-state index contributed by atoms with van der Waals surface area (Å²) in [5, 5.41) is 0. The van der Waals surface area contributed by atoms with Gasteiger partial charge in [0.2, 0.25) is 0 Å². The molecule has 1 heterocycles. The number of hydrogen-bond acceptors (Lipinski definition) is 6. The third-order valence-electron chi connectivity index (χ3n) is 6.50. The molecule has 0 amide bonds. The first-order chi connectivity index (χ1) is 17.4. The van der Waals surface area contributed by atoms with Crippen LogP contribution < -0.4 is 8.92 Å². The molecule has 0 radical (unpaired) electrons. The molecule has 0 atom stereocenters. The Kier molecular flexibility index (Phi) is 6.82. The summed E-state index contributed by atoms with van der Waals surface area (Å²) in [4.78, 5) is 26.8. The van der Waals surface area contributed by atoms with Crippen LogP contribution in [0.3, 0.4) is 0 Å². The minimum absolute atomic E-state index is 0.101. The molecule has 0 N–H and O–H groups in total. The molecule has 2 aliphatic rings. The van der Waals surface area contributed by atoms with Gasteiger partial charge in [-0.25, -0.2) is 0 Å². The molecule has 206 valence electrons. The van der Waals surface area contributed by atoms with Crippen molar-refractivity contribution in [3.05, 3.63) is 58.1 Å². The Balaban J connectivity index is 2.01. The molecule has 2 aromatic rings. The molecule has 1 saturated carbocycles. The monoisotopic (exact) mass is 564 g/mol. The van der Waals surface area contributed by atoms with Crippen LogP contribution in [-0.4, -0.2) is 31.1 Å². The number of ketones is 2. The van der Waals surface area contributed by atoms with Crippen molar-refractivity contribution in [1.82, 2.24) is 0 Å². The highest BCUT2D eigenvalue weighted by atomic mass is 32.2. The van der Waals surface area contributed by atoms with E-state index in [0.717, 1.165) is 12.1 Å². The van der Waals surface area contributed by atoms with E-state index in [1.165, 1.54) is 6.07 Å². The fourth-order valence-electron chi connectivity index (χ4n) is 4.80. The van der Waals surface area contributed by atoms with E-state index in [4.69, 9.17) is 4.74 Å². The van der Waals surface area contributed by atoms with E-state index in [1.807, 2.05) is 0 Å². The van der Waals surface area contributed by atoms with Gasteiger partial charge in [0.15, 0.2) is 17.3 Å². The van der Waals surface area contributed by atoms with Crippen LogP contribution in [-0.2, 0) is 16.3 Å². The van der Waals surface area contributed by atoms with Crippen LogP contribution in [0.5, 0.6) is 11.5 Å². The first kappa shape index (κ1) is 27.9. The van der Waals surface area contributed by atoms with Crippen molar-refractivity contribution >= 4 is 21.7 Å². The summed E-state index contributed by atoms with van der Waals surface area (Å²) in [6.07, 6.45) is -2.67. The largest absolute Gasteiger partial charge is 0.534 e. The highest BCUT2D eigenvalue weighted by molar-refractivity contribution is 7.88. The molecule has 2 aromatic carbocycles. The van der Waals surface area contributed by atoms with Crippen LogP contribution in [0.2, 0.25) is 0 Å². The van der Waals surface area contributed by atoms with Crippen LogP contribution in [0.15, 0.2) is 30.3 Å². The molecule has 4 rings (SSSR count). The number of carbonyl (C=O) groups is 2. The molecule has 0 spiro atoms. The van der Waals surface area contributed by atoms with Gasteiger partial charge < -0.3 is 8.92 Å². The number of benzene rings is 2. The standard InChI is InChI=1S/C25H22F6O6S/c1-23(2)12-17(32)20-18(36-23)11-16(13-5-3-4-6-13)19(22(20)37-38(34,35)25(29,30)31)21(33)14-7-9-15(10-8-14)24(26,27)28/h7-11,13H,3-6,12H2,1-2H3. The first-order valence-electron chi connectivity index (χ1n) is 11.6. The van der Waals surface area contributed by atoms with Crippen molar-refractivity contribution in [2.45, 2.75) is 69.2 Å². The second-order valence-corrected chi connectivity index (χ2v) is 11.4. The van der Waals surface area contributed by atoms with E-state index < -0.39 is 67.3 Å². The zero-order valence-corrected chi connectivity index (χ0v) is 20.9. The lowest BCUT2D eigenvalue weighted by Gasteiger charge is -2.34. The van der Waals surface area contributed by atoms with Crippen molar-refractivity contribution in [3.63, 3.8) is 0 Å². The van der Waals surface area contributed by atoms with Gasteiger partial charge in [0.25, 0.3) is 0 Å². The topological polar surface area (TPSA) is 86.7 Å². The smallest absolute Gasteiger partial charge is 0.486 e. The molecule has 0 aromatic heterocycles. The summed E-state index contributed by atoms with van der Waals surface area (Å²) in [6, 6.07) is 4.21. The zero-order chi connectivity index (χ0) is 28.3. The normalized spacial score (nSPS) is 18.2. The van der Waals surface area contributed by atoms with Crippen molar-refractivity contribution < 1.29 is 53.3 Å². The second-order valence-electron chi connectivity index (χ2n) is 9.87. The molecular weight excluding hydrogens is 542 g/mol. The average Bonchev–Trinajstić information content (AvgIpc) is 3.30.